The van der Waals surface area contributed by atoms with Crippen LogP contribution >= 0.6 is 0 Å². The van der Waals surface area contributed by atoms with Gasteiger partial charge in [-0.15, -0.1) is 0 Å². The molecule has 0 bridgehead atoms. The van der Waals surface area contributed by atoms with Gasteiger partial charge < -0.3 is 18.8 Å². The van der Waals surface area contributed by atoms with Gasteiger partial charge in [-0.25, -0.2) is 9.59 Å². The molecule has 0 unspecified atom stereocenters. The number of nitrogens with zero attached hydrogens (tertiary/aromatic N) is 5. The molecule has 0 aliphatic carbocycles. The lowest BCUT2D eigenvalue weighted by Gasteiger charge is -2.10. The first kappa shape index (κ1) is 24.4. The molecule has 0 saturated carbocycles. The number of benzene rings is 2. The van der Waals surface area contributed by atoms with Crippen molar-refractivity contribution in [1.82, 2.24) is 14.1 Å². The number of carbonyl (C=O) groups is 2. The van der Waals surface area contributed by atoms with Crippen LogP contribution in [0.3, 0.4) is 0 Å². The van der Waals surface area contributed by atoms with Crippen LogP contribution in [0.5, 0.6) is 0 Å². The standard InChI is InChI=1S/C29H23N5O4/c1-20(35)37-31-28(23-8-7-15-30-18-23)26-19-34(27-10-4-3-9-25(26)27)24-13-11-22(12-14-24)29(32-38-21(2)36)33-16-5-6-17-33/h3-19H,1-2H3/b31-28+,32-29-. The summed E-state index contributed by atoms with van der Waals surface area (Å²) in [6.45, 7) is 2.61. The number of fused-ring (bicyclic) bond motifs is 1. The molecule has 0 saturated heterocycles. The summed E-state index contributed by atoms with van der Waals surface area (Å²) in [5.74, 6) is -0.542. The van der Waals surface area contributed by atoms with Crippen LogP contribution in [0.2, 0.25) is 0 Å². The number of carbonyl (C=O) groups excluding carboxylic acids is 2. The van der Waals surface area contributed by atoms with Gasteiger partial charge in [0.2, 0.25) is 0 Å². The molecule has 0 radical (unpaired) electrons. The normalized spacial score (nSPS) is 11.9. The average Bonchev–Trinajstić information content (AvgIpc) is 3.59. The highest BCUT2D eigenvalue weighted by Crippen LogP contribution is 2.28. The summed E-state index contributed by atoms with van der Waals surface area (Å²) < 4.78 is 3.80. The lowest BCUT2D eigenvalue weighted by atomic mass is 10.0. The maximum Gasteiger partial charge on any atom is 0.332 e. The van der Waals surface area contributed by atoms with Gasteiger partial charge in [0.15, 0.2) is 5.84 Å². The molecule has 38 heavy (non-hydrogen) atoms. The summed E-state index contributed by atoms with van der Waals surface area (Å²) in [6.07, 6.45) is 8.95. The molecule has 2 aromatic carbocycles. The van der Waals surface area contributed by atoms with E-state index in [2.05, 4.69) is 15.3 Å². The van der Waals surface area contributed by atoms with E-state index in [-0.39, 0.29) is 0 Å². The minimum Gasteiger partial charge on any atom is -0.318 e. The first-order valence-electron chi connectivity index (χ1n) is 11.8. The minimum atomic E-state index is -0.514. The van der Waals surface area contributed by atoms with Gasteiger partial charge in [0, 0.05) is 72.6 Å². The highest BCUT2D eigenvalue weighted by Gasteiger charge is 2.18. The van der Waals surface area contributed by atoms with Gasteiger partial charge in [-0.1, -0.05) is 28.5 Å². The van der Waals surface area contributed by atoms with Crippen molar-refractivity contribution in [3.05, 3.63) is 120 Å². The van der Waals surface area contributed by atoms with Crippen molar-refractivity contribution in [2.24, 2.45) is 10.3 Å². The van der Waals surface area contributed by atoms with E-state index >= 15 is 0 Å². The van der Waals surface area contributed by atoms with Crippen molar-refractivity contribution in [1.29, 1.82) is 0 Å². The number of hydrogen-bond donors (Lipinski definition) is 0. The van der Waals surface area contributed by atoms with Gasteiger partial charge in [0.25, 0.3) is 0 Å². The summed E-state index contributed by atoms with van der Waals surface area (Å²) in [6, 6.07) is 23.0. The summed E-state index contributed by atoms with van der Waals surface area (Å²) in [4.78, 5) is 37.1. The molecule has 0 fully saturated rings. The van der Waals surface area contributed by atoms with E-state index in [1.807, 2.05) is 89.9 Å². The molecule has 0 aliphatic rings. The topological polar surface area (TPSA) is 100 Å². The van der Waals surface area contributed by atoms with E-state index in [0.717, 1.165) is 27.7 Å². The average molecular weight is 506 g/mol. The highest BCUT2D eigenvalue weighted by atomic mass is 16.7. The largest absolute Gasteiger partial charge is 0.332 e. The number of aromatic nitrogens is 3. The van der Waals surface area contributed by atoms with Crippen LogP contribution in [0.4, 0.5) is 0 Å². The number of rotatable bonds is 6. The molecule has 0 amide bonds. The van der Waals surface area contributed by atoms with Crippen molar-refractivity contribution >= 4 is 34.4 Å². The summed E-state index contributed by atoms with van der Waals surface area (Å²) in [5, 5.41) is 9.15. The Morgan fingerprint density at radius 2 is 1.50 bits per heavy atom. The number of pyridine rings is 1. The highest BCUT2D eigenvalue weighted by molar-refractivity contribution is 6.19. The van der Waals surface area contributed by atoms with Gasteiger partial charge in [0.1, 0.15) is 5.71 Å². The Morgan fingerprint density at radius 1 is 0.789 bits per heavy atom. The smallest absolute Gasteiger partial charge is 0.318 e. The molecule has 5 rings (SSSR count). The second-order valence-electron chi connectivity index (χ2n) is 8.33. The molecule has 9 nitrogen and oxygen atoms in total. The molecule has 0 aliphatic heterocycles. The van der Waals surface area contributed by atoms with Crippen molar-refractivity contribution in [2.75, 3.05) is 0 Å². The molecule has 3 heterocycles. The molecule has 0 N–H and O–H groups in total. The lowest BCUT2D eigenvalue weighted by Crippen LogP contribution is -2.13. The number of hydrogen-bond acceptors (Lipinski definition) is 7. The van der Waals surface area contributed by atoms with Crippen LogP contribution in [0.25, 0.3) is 16.6 Å². The fourth-order valence-corrected chi connectivity index (χ4v) is 4.06. The van der Waals surface area contributed by atoms with Crippen molar-refractivity contribution in [3.8, 4) is 5.69 Å². The van der Waals surface area contributed by atoms with Crippen molar-refractivity contribution in [3.63, 3.8) is 0 Å². The summed E-state index contributed by atoms with van der Waals surface area (Å²) in [7, 11) is 0. The fraction of sp³-hybridized carbons (Fsp3) is 0.0690. The molecule has 5 aromatic rings. The SMILES string of the molecule is CC(=O)O/N=C(/c1ccc(-n2cc(/C(=N/OC(C)=O)c3cccnc3)c3ccccc32)cc1)n1cccc1. The third-order valence-electron chi connectivity index (χ3n) is 5.68. The predicted octanol–water partition coefficient (Wildman–Crippen LogP) is 4.92. The van der Waals surface area contributed by atoms with E-state index in [1.54, 1.807) is 23.0 Å². The van der Waals surface area contributed by atoms with Crippen LogP contribution < -0.4 is 0 Å². The second kappa shape index (κ2) is 10.8. The molecule has 0 spiro atoms. The van der Waals surface area contributed by atoms with Crippen molar-refractivity contribution < 1.29 is 19.3 Å². The van der Waals surface area contributed by atoms with Gasteiger partial charge >= 0.3 is 11.9 Å². The molecule has 188 valence electrons. The Morgan fingerprint density at radius 3 is 2.18 bits per heavy atom. The monoisotopic (exact) mass is 505 g/mol. The van der Waals surface area contributed by atoms with E-state index in [9.17, 15) is 9.59 Å². The Labute approximate surface area is 218 Å². The summed E-state index contributed by atoms with van der Waals surface area (Å²) >= 11 is 0. The zero-order valence-corrected chi connectivity index (χ0v) is 20.7. The van der Waals surface area contributed by atoms with Crippen LogP contribution in [0.1, 0.15) is 30.5 Å². The quantitative estimate of drug-likeness (QED) is 0.141. The first-order valence-corrected chi connectivity index (χ1v) is 11.8. The number of oxime groups is 2. The Balaban J connectivity index is 1.60. The van der Waals surface area contributed by atoms with E-state index < -0.39 is 11.9 Å². The van der Waals surface area contributed by atoms with Crippen LogP contribution in [-0.4, -0.2) is 37.6 Å². The fourth-order valence-electron chi connectivity index (χ4n) is 4.06. The van der Waals surface area contributed by atoms with Crippen LogP contribution in [0.15, 0.2) is 114 Å². The number of para-hydroxylation sites is 1. The van der Waals surface area contributed by atoms with Gasteiger partial charge in [0.05, 0.1) is 5.52 Å². The van der Waals surface area contributed by atoms with E-state index in [4.69, 9.17) is 9.68 Å². The first-order chi connectivity index (χ1) is 18.5. The molecule has 9 heteroatoms. The molecule has 0 atom stereocenters. The zero-order chi connectivity index (χ0) is 26.5. The van der Waals surface area contributed by atoms with Crippen LogP contribution in [-0.2, 0) is 19.3 Å². The Bertz CT molecular complexity index is 1650. The van der Waals surface area contributed by atoms with E-state index in [0.29, 0.717) is 17.1 Å². The Kier molecular flexibility index (Phi) is 6.90. The zero-order valence-electron chi connectivity index (χ0n) is 20.7. The minimum absolute atomic E-state index is 0.474. The lowest BCUT2D eigenvalue weighted by molar-refractivity contribution is -0.141. The summed E-state index contributed by atoms with van der Waals surface area (Å²) in [5.41, 5.74) is 4.56. The maximum atomic E-state index is 11.6. The van der Waals surface area contributed by atoms with Gasteiger partial charge in [-0.2, -0.15) is 0 Å². The Hall–Kier alpha value is -5.31. The maximum absolute atomic E-state index is 11.6. The predicted molar refractivity (Wildman–Crippen MR) is 143 cm³/mol. The third kappa shape index (κ3) is 5.12. The second-order valence-corrected chi connectivity index (χ2v) is 8.33. The molecular formula is C29H23N5O4. The van der Waals surface area contributed by atoms with E-state index in [1.165, 1.54) is 13.8 Å². The van der Waals surface area contributed by atoms with Gasteiger partial charge in [-0.05, 0) is 54.6 Å². The van der Waals surface area contributed by atoms with Crippen LogP contribution in [0, 0.1) is 0 Å². The molecular weight excluding hydrogens is 482 g/mol. The van der Waals surface area contributed by atoms with Gasteiger partial charge in [-0.3, -0.25) is 4.98 Å². The third-order valence-corrected chi connectivity index (χ3v) is 5.68. The van der Waals surface area contributed by atoms with Crippen molar-refractivity contribution in [2.45, 2.75) is 13.8 Å². The molecule has 3 aromatic heterocycles.